The number of hydrogen-bond acceptors (Lipinski definition) is 2. The predicted octanol–water partition coefficient (Wildman–Crippen LogP) is 1.04. The van der Waals surface area contributed by atoms with Gasteiger partial charge in [0.1, 0.15) is 0 Å². The molecule has 1 heterocycles. The summed E-state index contributed by atoms with van der Waals surface area (Å²) in [6.07, 6.45) is 0. The fourth-order valence-corrected chi connectivity index (χ4v) is 1.05. The largest absolute Gasteiger partial charge is 0.340 e. The van der Waals surface area contributed by atoms with E-state index in [2.05, 4.69) is 15.2 Å². The van der Waals surface area contributed by atoms with Crippen LogP contribution in [0.4, 0.5) is 8.78 Å². The van der Waals surface area contributed by atoms with Gasteiger partial charge in [-0.15, -0.1) is 0 Å². The van der Waals surface area contributed by atoms with Crippen LogP contribution in [0.25, 0.3) is 11.4 Å². The Morgan fingerprint density at radius 3 is 2.57 bits per heavy atom. The van der Waals surface area contributed by atoms with Gasteiger partial charge in [0.2, 0.25) is 0 Å². The number of aromatic amines is 2. The lowest BCUT2D eigenvalue weighted by molar-refractivity contribution is 0.509. The Bertz CT molecular complexity index is 517. The molecule has 0 bridgehead atoms. The van der Waals surface area contributed by atoms with Gasteiger partial charge in [-0.25, -0.2) is 18.7 Å². The lowest BCUT2D eigenvalue weighted by atomic mass is 10.2. The molecule has 0 saturated carbocycles. The number of rotatable bonds is 1. The van der Waals surface area contributed by atoms with Crippen molar-refractivity contribution >= 4 is 0 Å². The van der Waals surface area contributed by atoms with Crippen LogP contribution in [0.5, 0.6) is 0 Å². The van der Waals surface area contributed by atoms with Crippen LogP contribution >= 0.6 is 0 Å². The number of nitrogens with one attached hydrogen (secondary N) is 2. The van der Waals surface area contributed by atoms with Crippen molar-refractivity contribution < 1.29 is 8.78 Å². The standard InChI is InChI=1S/C8H5F2N3O/c9-5-2-1-4(3-6(5)10)7-11-8(14)13-12-7/h1-3H,(H2,11,12,13,14). The normalized spacial score (nSPS) is 10.4. The zero-order chi connectivity index (χ0) is 10.1. The van der Waals surface area contributed by atoms with Crippen molar-refractivity contribution in [2.24, 2.45) is 0 Å². The number of benzene rings is 1. The van der Waals surface area contributed by atoms with Gasteiger partial charge < -0.3 is 0 Å². The van der Waals surface area contributed by atoms with Crippen molar-refractivity contribution in [1.82, 2.24) is 15.2 Å². The number of aromatic nitrogens is 3. The van der Waals surface area contributed by atoms with Gasteiger partial charge >= 0.3 is 5.69 Å². The Hall–Kier alpha value is -1.98. The molecule has 1 aromatic carbocycles. The smallest absolute Gasteiger partial charge is 0.289 e. The number of nitrogens with zero attached hydrogens (tertiary/aromatic N) is 1. The number of H-pyrrole nitrogens is 2. The molecule has 2 rings (SSSR count). The summed E-state index contributed by atoms with van der Waals surface area (Å²) in [7, 11) is 0. The van der Waals surface area contributed by atoms with Gasteiger partial charge in [0, 0.05) is 5.56 Å². The minimum absolute atomic E-state index is 0.175. The fraction of sp³-hybridized carbons (Fsp3) is 0. The van der Waals surface area contributed by atoms with Gasteiger partial charge in [-0.05, 0) is 18.2 Å². The third-order valence-electron chi connectivity index (χ3n) is 1.69. The van der Waals surface area contributed by atoms with Gasteiger partial charge in [-0.1, -0.05) is 0 Å². The molecule has 2 aromatic rings. The molecule has 0 fully saturated rings. The highest BCUT2D eigenvalue weighted by atomic mass is 19.2. The van der Waals surface area contributed by atoms with E-state index < -0.39 is 17.3 Å². The SMILES string of the molecule is O=c1[nH]nc(-c2ccc(F)c(F)c2)[nH]1. The molecule has 0 aliphatic carbocycles. The first-order valence-corrected chi connectivity index (χ1v) is 3.77. The van der Waals surface area contributed by atoms with Crippen molar-refractivity contribution in [2.45, 2.75) is 0 Å². The lowest BCUT2D eigenvalue weighted by Gasteiger charge is -1.96. The van der Waals surface area contributed by atoms with E-state index in [1.807, 2.05) is 0 Å². The van der Waals surface area contributed by atoms with Crippen molar-refractivity contribution in [3.05, 3.63) is 40.3 Å². The minimum Gasteiger partial charge on any atom is -0.289 e. The van der Waals surface area contributed by atoms with E-state index in [9.17, 15) is 13.6 Å². The molecule has 0 spiro atoms. The molecule has 0 aliphatic heterocycles. The zero-order valence-electron chi connectivity index (χ0n) is 6.84. The van der Waals surface area contributed by atoms with Crippen molar-refractivity contribution in [1.29, 1.82) is 0 Å². The first-order chi connectivity index (χ1) is 6.66. The van der Waals surface area contributed by atoms with Crippen LogP contribution in [0, 0.1) is 11.6 Å². The van der Waals surface area contributed by atoms with Crippen LogP contribution < -0.4 is 5.69 Å². The van der Waals surface area contributed by atoms with Crippen LogP contribution in [0.15, 0.2) is 23.0 Å². The molecule has 6 heteroatoms. The van der Waals surface area contributed by atoms with Crippen LogP contribution in [-0.4, -0.2) is 15.2 Å². The summed E-state index contributed by atoms with van der Waals surface area (Å²) in [5, 5.41) is 5.70. The molecule has 0 radical (unpaired) electrons. The molecular weight excluding hydrogens is 192 g/mol. The van der Waals surface area contributed by atoms with Crippen molar-refractivity contribution in [2.75, 3.05) is 0 Å². The Labute approximate surface area is 76.6 Å². The predicted molar refractivity (Wildman–Crippen MR) is 44.6 cm³/mol. The van der Waals surface area contributed by atoms with E-state index in [0.29, 0.717) is 5.56 Å². The molecular formula is C8H5F2N3O. The number of halogens is 2. The van der Waals surface area contributed by atoms with Crippen molar-refractivity contribution in [3.63, 3.8) is 0 Å². The molecule has 0 unspecified atom stereocenters. The average molecular weight is 197 g/mol. The molecule has 72 valence electrons. The second kappa shape index (κ2) is 3.06. The Morgan fingerprint density at radius 1 is 1.21 bits per heavy atom. The summed E-state index contributed by atoms with van der Waals surface area (Å²) in [4.78, 5) is 13.0. The van der Waals surface area contributed by atoms with E-state index in [4.69, 9.17) is 0 Å². The number of hydrogen-bond donors (Lipinski definition) is 2. The van der Waals surface area contributed by atoms with E-state index >= 15 is 0 Å². The summed E-state index contributed by atoms with van der Waals surface area (Å²) in [6.45, 7) is 0. The quantitative estimate of drug-likeness (QED) is 0.717. The van der Waals surface area contributed by atoms with Crippen molar-refractivity contribution in [3.8, 4) is 11.4 Å². The fourth-order valence-electron chi connectivity index (χ4n) is 1.05. The highest BCUT2D eigenvalue weighted by Gasteiger charge is 2.06. The van der Waals surface area contributed by atoms with Crippen LogP contribution in [0.2, 0.25) is 0 Å². The Balaban J connectivity index is 2.52. The summed E-state index contributed by atoms with van der Waals surface area (Å²) in [6, 6.07) is 3.25. The summed E-state index contributed by atoms with van der Waals surface area (Å²) >= 11 is 0. The van der Waals surface area contributed by atoms with E-state index in [0.717, 1.165) is 12.1 Å². The third-order valence-corrected chi connectivity index (χ3v) is 1.69. The van der Waals surface area contributed by atoms with Gasteiger partial charge in [0.25, 0.3) is 0 Å². The van der Waals surface area contributed by atoms with Gasteiger partial charge in [0.15, 0.2) is 17.5 Å². The molecule has 0 aliphatic rings. The second-order valence-corrected chi connectivity index (χ2v) is 2.66. The monoisotopic (exact) mass is 197 g/mol. The molecule has 2 N–H and O–H groups in total. The van der Waals surface area contributed by atoms with Gasteiger partial charge in [0.05, 0.1) is 0 Å². The van der Waals surface area contributed by atoms with Gasteiger partial charge in [-0.2, -0.15) is 5.10 Å². The maximum atomic E-state index is 12.8. The topological polar surface area (TPSA) is 61.5 Å². The Morgan fingerprint density at radius 2 is 2.00 bits per heavy atom. The van der Waals surface area contributed by atoms with Crippen LogP contribution in [0.1, 0.15) is 0 Å². The highest BCUT2D eigenvalue weighted by Crippen LogP contribution is 2.15. The first-order valence-electron chi connectivity index (χ1n) is 3.77. The lowest BCUT2D eigenvalue weighted by Crippen LogP contribution is -2.00. The molecule has 14 heavy (non-hydrogen) atoms. The highest BCUT2D eigenvalue weighted by molar-refractivity contribution is 5.53. The summed E-state index contributed by atoms with van der Waals surface area (Å²) in [5.41, 5.74) is -0.188. The van der Waals surface area contributed by atoms with E-state index in [1.54, 1.807) is 0 Å². The first kappa shape index (κ1) is 8.61. The molecule has 0 amide bonds. The minimum atomic E-state index is -0.980. The van der Waals surface area contributed by atoms with E-state index in [-0.39, 0.29) is 5.82 Å². The molecule has 4 nitrogen and oxygen atoms in total. The molecule has 1 aromatic heterocycles. The third kappa shape index (κ3) is 1.41. The van der Waals surface area contributed by atoms with Crippen LogP contribution in [-0.2, 0) is 0 Å². The second-order valence-electron chi connectivity index (χ2n) is 2.66. The van der Waals surface area contributed by atoms with Gasteiger partial charge in [-0.3, -0.25) is 4.98 Å². The Kier molecular flexibility index (Phi) is 1.88. The maximum absolute atomic E-state index is 12.8. The maximum Gasteiger partial charge on any atom is 0.340 e. The average Bonchev–Trinajstić information content (AvgIpc) is 2.57. The summed E-state index contributed by atoms with van der Waals surface area (Å²) < 4.78 is 25.3. The molecule has 0 atom stereocenters. The zero-order valence-corrected chi connectivity index (χ0v) is 6.84. The van der Waals surface area contributed by atoms with E-state index in [1.165, 1.54) is 6.07 Å². The summed E-state index contributed by atoms with van der Waals surface area (Å²) in [5.74, 6) is -1.74. The molecule has 0 saturated heterocycles. The van der Waals surface area contributed by atoms with Crippen LogP contribution in [0.3, 0.4) is 0 Å².